The summed E-state index contributed by atoms with van der Waals surface area (Å²) in [6.07, 6.45) is 9.03. The first-order valence-corrected chi connectivity index (χ1v) is 9.45. The van der Waals surface area contributed by atoms with E-state index in [1.54, 1.807) is 19.3 Å². The van der Waals surface area contributed by atoms with Crippen LogP contribution in [0.3, 0.4) is 0 Å². The molecule has 1 heterocycles. The van der Waals surface area contributed by atoms with Crippen LogP contribution >= 0.6 is 0 Å². The summed E-state index contributed by atoms with van der Waals surface area (Å²) in [7, 11) is 2.24. The van der Waals surface area contributed by atoms with Crippen LogP contribution in [0.1, 0.15) is 38.5 Å². The molecule has 120 valence electrons. The van der Waals surface area contributed by atoms with E-state index in [0.717, 1.165) is 29.7 Å². The van der Waals surface area contributed by atoms with Crippen molar-refractivity contribution in [3.05, 3.63) is 0 Å². The van der Waals surface area contributed by atoms with E-state index in [2.05, 4.69) is 22.2 Å². The highest BCUT2D eigenvalue weighted by Crippen LogP contribution is 2.58. The average molecular weight is 291 g/mol. The number of rotatable bonds is 5. The van der Waals surface area contributed by atoms with Gasteiger partial charge in [0.25, 0.3) is 0 Å². The minimum absolute atomic E-state index is 0.877. The molecule has 2 bridgehead atoms. The van der Waals surface area contributed by atoms with Crippen LogP contribution in [0.2, 0.25) is 0 Å². The second-order valence-corrected chi connectivity index (χ2v) is 8.21. The molecular formula is C18H33N3. The number of likely N-dealkylation sites (N-methyl/N-ethyl adjacent to an activating group) is 1. The van der Waals surface area contributed by atoms with Crippen LogP contribution in [0.4, 0.5) is 0 Å². The van der Waals surface area contributed by atoms with Gasteiger partial charge in [0.05, 0.1) is 0 Å². The van der Waals surface area contributed by atoms with Gasteiger partial charge in [0, 0.05) is 32.2 Å². The molecule has 0 aromatic carbocycles. The highest BCUT2D eigenvalue weighted by Gasteiger charge is 2.53. The lowest BCUT2D eigenvalue weighted by atomic mass is 9.79. The second-order valence-electron chi connectivity index (χ2n) is 8.21. The number of hydrogen-bond donors (Lipinski definition) is 1. The van der Waals surface area contributed by atoms with Crippen molar-refractivity contribution < 1.29 is 0 Å². The lowest BCUT2D eigenvalue weighted by molar-refractivity contribution is 0.150. The highest BCUT2D eigenvalue weighted by atomic mass is 15.2. The summed E-state index contributed by atoms with van der Waals surface area (Å²) in [4.78, 5) is 5.09. The zero-order valence-corrected chi connectivity index (χ0v) is 13.8. The Morgan fingerprint density at radius 3 is 2.62 bits per heavy atom. The molecule has 3 saturated carbocycles. The third-order valence-corrected chi connectivity index (χ3v) is 7.08. The zero-order chi connectivity index (χ0) is 14.2. The maximum atomic E-state index is 3.94. The first kappa shape index (κ1) is 14.5. The van der Waals surface area contributed by atoms with Crippen molar-refractivity contribution in [3.63, 3.8) is 0 Å². The summed E-state index contributed by atoms with van der Waals surface area (Å²) in [5.41, 5.74) is 0. The standard InChI is InChI=1S/C18H33N3/c1-20-8-10-21(11-9-20)7-3-6-19-18-13-14-12-17(18)16-5-2-4-15(14)16/h14-19H,2-13H2,1H3. The predicted molar refractivity (Wildman–Crippen MR) is 87.4 cm³/mol. The summed E-state index contributed by atoms with van der Waals surface area (Å²) >= 11 is 0. The van der Waals surface area contributed by atoms with E-state index in [-0.39, 0.29) is 0 Å². The quantitative estimate of drug-likeness (QED) is 0.782. The predicted octanol–water partition coefficient (Wildman–Crippen LogP) is 2.04. The van der Waals surface area contributed by atoms with Gasteiger partial charge in [-0.3, -0.25) is 0 Å². The van der Waals surface area contributed by atoms with Crippen molar-refractivity contribution in [1.82, 2.24) is 15.1 Å². The van der Waals surface area contributed by atoms with Crippen LogP contribution in [-0.2, 0) is 0 Å². The Kier molecular flexibility index (Phi) is 4.25. The summed E-state index contributed by atoms with van der Waals surface area (Å²) in [6, 6.07) is 0.877. The maximum absolute atomic E-state index is 3.94. The van der Waals surface area contributed by atoms with Crippen molar-refractivity contribution in [2.24, 2.45) is 23.7 Å². The molecular weight excluding hydrogens is 258 g/mol. The second kappa shape index (κ2) is 6.17. The molecule has 1 aliphatic heterocycles. The maximum Gasteiger partial charge on any atom is 0.0110 e. The van der Waals surface area contributed by atoms with E-state index in [4.69, 9.17) is 0 Å². The molecule has 0 radical (unpaired) electrons. The number of nitrogens with zero attached hydrogens (tertiary/aromatic N) is 2. The first-order chi connectivity index (χ1) is 10.3. The minimum atomic E-state index is 0.877. The van der Waals surface area contributed by atoms with Gasteiger partial charge >= 0.3 is 0 Å². The van der Waals surface area contributed by atoms with E-state index in [0.29, 0.717) is 0 Å². The van der Waals surface area contributed by atoms with Gasteiger partial charge in [0.1, 0.15) is 0 Å². The van der Waals surface area contributed by atoms with Gasteiger partial charge < -0.3 is 15.1 Å². The average Bonchev–Trinajstić information content (AvgIpc) is 3.18. The van der Waals surface area contributed by atoms with Gasteiger partial charge in [-0.15, -0.1) is 0 Å². The summed E-state index contributed by atoms with van der Waals surface area (Å²) in [5.74, 6) is 4.39. The van der Waals surface area contributed by atoms with Crippen molar-refractivity contribution >= 4 is 0 Å². The van der Waals surface area contributed by atoms with Crippen LogP contribution in [0.15, 0.2) is 0 Å². The van der Waals surface area contributed by atoms with Gasteiger partial charge in [-0.2, -0.15) is 0 Å². The molecule has 4 rings (SSSR count). The van der Waals surface area contributed by atoms with E-state index >= 15 is 0 Å². The molecule has 3 nitrogen and oxygen atoms in total. The fraction of sp³-hybridized carbons (Fsp3) is 1.00. The lowest BCUT2D eigenvalue weighted by Gasteiger charge is -2.33. The lowest BCUT2D eigenvalue weighted by Crippen LogP contribution is -2.45. The molecule has 1 saturated heterocycles. The minimum Gasteiger partial charge on any atom is -0.314 e. The van der Waals surface area contributed by atoms with Crippen LogP contribution < -0.4 is 5.32 Å². The topological polar surface area (TPSA) is 18.5 Å². The summed E-state index contributed by atoms with van der Waals surface area (Å²) in [5, 5.41) is 3.94. The number of nitrogens with one attached hydrogen (secondary N) is 1. The Bertz CT molecular complexity index is 350. The zero-order valence-electron chi connectivity index (χ0n) is 13.8. The Labute approximate surface area is 130 Å². The molecule has 0 aromatic heterocycles. The highest BCUT2D eigenvalue weighted by molar-refractivity contribution is 5.05. The molecule has 5 unspecified atom stereocenters. The molecule has 3 aliphatic carbocycles. The molecule has 0 aromatic rings. The van der Waals surface area contributed by atoms with Gasteiger partial charge in [0.15, 0.2) is 0 Å². The van der Waals surface area contributed by atoms with Crippen LogP contribution in [0.25, 0.3) is 0 Å². The Balaban J connectivity index is 1.16. The van der Waals surface area contributed by atoms with Crippen LogP contribution in [-0.4, -0.2) is 62.2 Å². The van der Waals surface area contributed by atoms with E-state index in [9.17, 15) is 0 Å². The molecule has 0 amide bonds. The van der Waals surface area contributed by atoms with E-state index in [1.807, 2.05) is 0 Å². The van der Waals surface area contributed by atoms with Gasteiger partial charge in [-0.05, 0) is 75.9 Å². The smallest absolute Gasteiger partial charge is 0.0110 e. The Hall–Kier alpha value is -0.120. The van der Waals surface area contributed by atoms with Crippen molar-refractivity contribution in [2.45, 2.75) is 44.6 Å². The Morgan fingerprint density at radius 1 is 0.952 bits per heavy atom. The van der Waals surface area contributed by atoms with Crippen molar-refractivity contribution in [1.29, 1.82) is 0 Å². The molecule has 5 atom stereocenters. The van der Waals surface area contributed by atoms with E-state index < -0.39 is 0 Å². The molecule has 21 heavy (non-hydrogen) atoms. The molecule has 4 aliphatic rings. The third kappa shape index (κ3) is 2.89. The third-order valence-electron chi connectivity index (χ3n) is 7.08. The normalized spacial score (nSPS) is 43.6. The van der Waals surface area contributed by atoms with Gasteiger partial charge in [0.2, 0.25) is 0 Å². The molecule has 1 N–H and O–H groups in total. The van der Waals surface area contributed by atoms with Crippen molar-refractivity contribution in [2.75, 3.05) is 46.3 Å². The number of hydrogen-bond acceptors (Lipinski definition) is 3. The first-order valence-electron chi connectivity index (χ1n) is 9.45. The van der Waals surface area contributed by atoms with Gasteiger partial charge in [-0.1, -0.05) is 6.42 Å². The number of fused-ring (bicyclic) bond motifs is 5. The molecule has 3 heteroatoms. The van der Waals surface area contributed by atoms with Gasteiger partial charge in [-0.25, -0.2) is 0 Å². The number of piperazine rings is 1. The van der Waals surface area contributed by atoms with Crippen LogP contribution in [0, 0.1) is 23.7 Å². The molecule has 4 fully saturated rings. The fourth-order valence-electron chi connectivity index (χ4n) is 5.96. The molecule has 0 spiro atoms. The SMILES string of the molecule is CN1CCN(CCCNC2CC3CC2C2CCCC32)CC1. The monoisotopic (exact) mass is 291 g/mol. The Morgan fingerprint density at radius 2 is 1.76 bits per heavy atom. The van der Waals surface area contributed by atoms with E-state index in [1.165, 1.54) is 58.5 Å². The summed E-state index contributed by atoms with van der Waals surface area (Å²) in [6.45, 7) is 7.60. The van der Waals surface area contributed by atoms with Crippen LogP contribution in [0.5, 0.6) is 0 Å². The fourth-order valence-corrected chi connectivity index (χ4v) is 5.96. The van der Waals surface area contributed by atoms with Crippen molar-refractivity contribution in [3.8, 4) is 0 Å². The summed E-state index contributed by atoms with van der Waals surface area (Å²) < 4.78 is 0. The largest absolute Gasteiger partial charge is 0.314 e.